The molecule has 0 bridgehead atoms. The minimum absolute atomic E-state index is 0.0689. The highest BCUT2D eigenvalue weighted by atomic mass is 32.2. The van der Waals surface area contributed by atoms with Crippen molar-refractivity contribution in [1.82, 2.24) is 9.21 Å². The third-order valence-electron chi connectivity index (χ3n) is 5.32. The predicted molar refractivity (Wildman–Crippen MR) is 113 cm³/mol. The van der Waals surface area contributed by atoms with E-state index in [9.17, 15) is 26.4 Å². The summed E-state index contributed by atoms with van der Waals surface area (Å²) in [6, 6.07) is 10.00. The monoisotopic (exact) mass is 470 g/mol. The number of para-hydroxylation sites is 1. The second-order valence-electron chi connectivity index (χ2n) is 7.76. The first-order chi connectivity index (χ1) is 15.0. The van der Waals surface area contributed by atoms with E-state index in [-0.39, 0.29) is 22.6 Å². The van der Waals surface area contributed by atoms with E-state index in [0.717, 1.165) is 19.3 Å². The van der Waals surface area contributed by atoms with Gasteiger partial charge in [-0.2, -0.15) is 4.31 Å². The van der Waals surface area contributed by atoms with Crippen molar-refractivity contribution in [3.05, 3.63) is 59.2 Å². The van der Waals surface area contributed by atoms with Crippen LogP contribution >= 0.6 is 0 Å². The molecule has 0 unspecified atom stereocenters. The molecule has 1 saturated heterocycles. The molecule has 2 aromatic rings. The first-order valence-electron chi connectivity index (χ1n) is 10.2. The number of halogens is 3. The standard InChI is InChI=1S/C22H25F3N2O4S/c1-16-10-11-17(14-20(16)32(29,30)27-12-6-3-7-13-27)21(28)26(2)15-18-8-4-5-9-19(18)31-22(23,24)25/h4-5,8-11,14H,3,6-7,12-13,15H2,1-2H3. The lowest BCUT2D eigenvalue weighted by atomic mass is 10.1. The molecular weight excluding hydrogens is 445 g/mol. The summed E-state index contributed by atoms with van der Waals surface area (Å²) in [5.74, 6) is -0.904. The van der Waals surface area contributed by atoms with Gasteiger partial charge in [-0.15, -0.1) is 13.2 Å². The van der Waals surface area contributed by atoms with Crippen molar-refractivity contribution >= 4 is 15.9 Å². The van der Waals surface area contributed by atoms with Crippen LogP contribution in [0.1, 0.15) is 40.7 Å². The third-order valence-corrected chi connectivity index (χ3v) is 7.36. The Labute approximate surface area is 185 Å². The van der Waals surface area contributed by atoms with Gasteiger partial charge in [0.15, 0.2) is 0 Å². The lowest BCUT2D eigenvalue weighted by molar-refractivity contribution is -0.275. The summed E-state index contributed by atoms with van der Waals surface area (Å²) in [4.78, 5) is 14.3. The smallest absolute Gasteiger partial charge is 0.405 e. The topological polar surface area (TPSA) is 66.9 Å². The number of sulfonamides is 1. The first-order valence-corrected chi connectivity index (χ1v) is 11.6. The molecule has 6 nitrogen and oxygen atoms in total. The summed E-state index contributed by atoms with van der Waals surface area (Å²) in [5, 5.41) is 0. The van der Waals surface area contributed by atoms with Gasteiger partial charge in [0.25, 0.3) is 5.91 Å². The minimum Gasteiger partial charge on any atom is -0.405 e. The van der Waals surface area contributed by atoms with E-state index in [1.165, 1.54) is 46.6 Å². The summed E-state index contributed by atoms with van der Waals surface area (Å²) in [7, 11) is -2.31. The highest BCUT2D eigenvalue weighted by molar-refractivity contribution is 7.89. The van der Waals surface area contributed by atoms with Crippen LogP contribution in [0.3, 0.4) is 0 Å². The van der Waals surface area contributed by atoms with Gasteiger partial charge in [0.05, 0.1) is 4.90 Å². The van der Waals surface area contributed by atoms with E-state index in [1.54, 1.807) is 19.1 Å². The number of amides is 1. The molecule has 1 heterocycles. The maximum atomic E-state index is 13.1. The fourth-order valence-electron chi connectivity index (χ4n) is 3.66. The molecule has 3 rings (SSSR count). The average molecular weight is 471 g/mol. The Morgan fingerprint density at radius 3 is 2.41 bits per heavy atom. The van der Waals surface area contributed by atoms with Crippen molar-refractivity contribution in [1.29, 1.82) is 0 Å². The molecule has 0 atom stereocenters. The van der Waals surface area contributed by atoms with E-state index in [0.29, 0.717) is 18.7 Å². The summed E-state index contributed by atoms with van der Waals surface area (Å²) < 4.78 is 69.7. The van der Waals surface area contributed by atoms with Gasteiger partial charge in [-0.3, -0.25) is 4.79 Å². The van der Waals surface area contributed by atoms with Gasteiger partial charge < -0.3 is 9.64 Å². The maximum absolute atomic E-state index is 13.1. The summed E-state index contributed by atoms with van der Waals surface area (Å²) in [6.45, 7) is 2.40. The fraction of sp³-hybridized carbons (Fsp3) is 0.409. The highest BCUT2D eigenvalue weighted by Gasteiger charge is 2.32. The number of carbonyl (C=O) groups excluding carboxylic acids is 1. The zero-order chi connectivity index (χ0) is 23.5. The maximum Gasteiger partial charge on any atom is 0.573 e. The largest absolute Gasteiger partial charge is 0.573 e. The van der Waals surface area contributed by atoms with Crippen molar-refractivity contribution in [2.75, 3.05) is 20.1 Å². The van der Waals surface area contributed by atoms with Crippen molar-refractivity contribution in [2.45, 2.75) is 44.0 Å². The molecule has 0 radical (unpaired) electrons. The Hall–Kier alpha value is -2.59. The van der Waals surface area contributed by atoms with Crippen LogP contribution in [-0.2, 0) is 16.6 Å². The molecule has 10 heteroatoms. The van der Waals surface area contributed by atoms with Crippen LogP contribution < -0.4 is 4.74 Å². The number of piperidine rings is 1. The zero-order valence-corrected chi connectivity index (χ0v) is 18.7. The molecule has 0 saturated carbocycles. The SMILES string of the molecule is Cc1ccc(C(=O)N(C)Cc2ccccc2OC(F)(F)F)cc1S(=O)(=O)N1CCCCC1. The third kappa shape index (κ3) is 5.60. The Balaban J connectivity index is 1.84. The number of hydrogen-bond acceptors (Lipinski definition) is 4. The molecule has 0 aromatic heterocycles. The molecule has 32 heavy (non-hydrogen) atoms. The second-order valence-corrected chi connectivity index (χ2v) is 9.67. The van der Waals surface area contributed by atoms with E-state index in [2.05, 4.69) is 4.74 Å². The molecule has 1 fully saturated rings. The lowest BCUT2D eigenvalue weighted by Gasteiger charge is -2.27. The van der Waals surface area contributed by atoms with Gasteiger partial charge in [0.2, 0.25) is 10.0 Å². The van der Waals surface area contributed by atoms with Gasteiger partial charge in [0.1, 0.15) is 5.75 Å². The minimum atomic E-state index is -4.85. The molecule has 0 N–H and O–H groups in total. The van der Waals surface area contributed by atoms with E-state index in [4.69, 9.17) is 0 Å². The van der Waals surface area contributed by atoms with Crippen LogP contribution in [0.2, 0.25) is 0 Å². The fourth-order valence-corrected chi connectivity index (χ4v) is 5.43. The number of nitrogens with zero attached hydrogens (tertiary/aromatic N) is 2. The van der Waals surface area contributed by atoms with E-state index < -0.39 is 28.0 Å². The van der Waals surface area contributed by atoms with Crippen LogP contribution in [0.25, 0.3) is 0 Å². The molecule has 2 aromatic carbocycles. The lowest BCUT2D eigenvalue weighted by Crippen LogP contribution is -2.36. The van der Waals surface area contributed by atoms with Crippen molar-refractivity contribution in [2.24, 2.45) is 0 Å². The molecule has 0 aliphatic carbocycles. The Morgan fingerprint density at radius 2 is 1.75 bits per heavy atom. The highest BCUT2D eigenvalue weighted by Crippen LogP contribution is 2.28. The van der Waals surface area contributed by atoms with Crippen LogP contribution in [-0.4, -0.2) is 50.0 Å². The number of hydrogen-bond donors (Lipinski definition) is 0. The van der Waals surface area contributed by atoms with Crippen LogP contribution in [0.5, 0.6) is 5.75 Å². The molecule has 0 spiro atoms. The predicted octanol–water partition coefficient (Wildman–Crippen LogP) is 4.34. The van der Waals surface area contributed by atoms with Crippen LogP contribution in [0.4, 0.5) is 13.2 Å². The van der Waals surface area contributed by atoms with Crippen LogP contribution in [0.15, 0.2) is 47.4 Å². The zero-order valence-electron chi connectivity index (χ0n) is 17.9. The summed E-state index contributed by atoms with van der Waals surface area (Å²) in [5.41, 5.74) is 0.843. The van der Waals surface area contributed by atoms with Crippen molar-refractivity contribution in [3.8, 4) is 5.75 Å². The number of rotatable bonds is 6. The van der Waals surface area contributed by atoms with Crippen molar-refractivity contribution in [3.63, 3.8) is 0 Å². The Bertz CT molecular complexity index is 1080. The number of benzene rings is 2. The van der Waals surface area contributed by atoms with Gasteiger partial charge in [-0.1, -0.05) is 30.7 Å². The number of alkyl halides is 3. The van der Waals surface area contributed by atoms with Crippen molar-refractivity contribution < 1.29 is 31.1 Å². The average Bonchev–Trinajstić information content (AvgIpc) is 2.74. The number of ether oxygens (including phenoxy) is 1. The summed E-state index contributed by atoms with van der Waals surface area (Å²) >= 11 is 0. The first kappa shape index (κ1) is 24.1. The number of carbonyl (C=O) groups is 1. The number of aryl methyl sites for hydroxylation is 1. The van der Waals surface area contributed by atoms with Gasteiger partial charge in [-0.25, -0.2) is 8.42 Å². The molecule has 174 valence electrons. The second kappa shape index (κ2) is 9.50. The van der Waals surface area contributed by atoms with Gasteiger partial charge in [-0.05, 0) is 43.5 Å². The molecular formula is C22H25F3N2O4S. The van der Waals surface area contributed by atoms with Gasteiger partial charge >= 0.3 is 6.36 Å². The molecule has 1 amide bonds. The molecule has 1 aliphatic heterocycles. The normalized spacial score (nSPS) is 15.4. The summed E-state index contributed by atoms with van der Waals surface area (Å²) in [6.07, 6.45) is -2.29. The Kier molecular flexibility index (Phi) is 7.14. The van der Waals surface area contributed by atoms with Crippen LogP contribution in [0, 0.1) is 6.92 Å². The van der Waals surface area contributed by atoms with E-state index >= 15 is 0 Å². The van der Waals surface area contributed by atoms with Gasteiger partial charge in [0, 0.05) is 37.8 Å². The molecule has 1 aliphatic rings. The van der Waals surface area contributed by atoms with E-state index in [1.807, 2.05) is 0 Å². The Morgan fingerprint density at radius 1 is 1.09 bits per heavy atom. The quantitative estimate of drug-likeness (QED) is 0.630.